The molecule has 10 aromatic rings. The van der Waals surface area contributed by atoms with Gasteiger partial charge < -0.3 is 18.7 Å². The standard InChI is InChI=1S/C55H37N2O2P/c1-4-18-38(19-5-1)57-49-29-15-11-25-44(49)55(45-26-12-16-30-50(45)57)46-27-13-17-31-52(46)58-54-47(55)36-37-51-53(54)43-24-10-14-28-48(43)56(51)39-32-34-42(35-33-39)60(41-22-8-3-9-23-41)59-40-20-6-2-7-21-40/h1-37H. The lowest BCUT2D eigenvalue weighted by molar-refractivity contribution is 0.439. The highest BCUT2D eigenvalue weighted by atomic mass is 31.1. The third-order valence-electron chi connectivity index (χ3n) is 12.1. The largest absolute Gasteiger partial charge is 0.464 e. The van der Waals surface area contributed by atoms with E-state index in [0.717, 1.165) is 83.5 Å². The highest BCUT2D eigenvalue weighted by molar-refractivity contribution is 7.68. The van der Waals surface area contributed by atoms with Gasteiger partial charge in [-0.05, 0) is 90.0 Å². The third-order valence-corrected chi connectivity index (χ3v) is 14.0. The summed E-state index contributed by atoms with van der Waals surface area (Å²) >= 11 is 0. The van der Waals surface area contributed by atoms with Gasteiger partial charge in [0.05, 0.1) is 33.2 Å². The van der Waals surface area contributed by atoms with Crippen molar-refractivity contribution in [3.05, 3.63) is 247 Å². The summed E-state index contributed by atoms with van der Waals surface area (Å²) in [5.41, 5.74) is 10.8. The SMILES string of the molecule is c1ccc(OP(c2ccccc2)c2ccc(-n3c4ccccc4c4c5c(ccc43)C3(c4ccccc4O5)c4ccccc4N(c4ccccc4)c4ccccc43)cc2)cc1. The van der Waals surface area contributed by atoms with Crippen molar-refractivity contribution < 1.29 is 9.26 Å². The Hall–Kier alpha value is -7.39. The Labute approximate surface area is 350 Å². The van der Waals surface area contributed by atoms with E-state index in [1.807, 2.05) is 30.3 Å². The number of fused-ring (bicyclic) bond motifs is 12. The predicted molar refractivity (Wildman–Crippen MR) is 247 cm³/mol. The van der Waals surface area contributed by atoms with Gasteiger partial charge in [-0.3, -0.25) is 0 Å². The molecule has 1 aromatic heterocycles. The van der Waals surface area contributed by atoms with Crippen molar-refractivity contribution in [1.82, 2.24) is 4.57 Å². The second-order valence-electron chi connectivity index (χ2n) is 15.3. The molecule has 60 heavy (non-hydrogen) atoms. The number of hydrogen-bond acceptors (Lipinski definition) is 3. The van der Waals surface area contributed by atoms with Gasteiger partial charge in [-0.15, -0.1) is 0 Å². The molecule has 0 saturated heterocycles. The third kappa shape index (κ3) is 5.14. The van der Waals surface area contributed by atoms with E-state index >= 15 is 0 Å². The van der Waals surface area contributed by atoms with E-state index < -0.39 is 13.6 Å². The molecule has 2 aliphatic heterocycles. The highest BCUT2D eigenvalue weighted by Crippen LogP contribution is 2.64. The van der Waals surface area contributed by atoms with E-state index in [-0.39, 0.29) is 0 Å². The molecule has 0 amide bonds. The molecule has 2 aliphatic rings. The number of aromatic nitrogens is 1. The summed E-state index contributed by atoms with van der Waals surface area (Å²) in [5.74, 6) is 2.61. The first kappa shape index (κ1) is 34.6. The molecule has 0 saturated carbocycles. The normalized spacial score (nSPS) is 13.8. The molecule has 1 atom stereocenters. The van der Waals surface area contributed by atoms with Crippen molar-refractivity contribution in [3.63, 3.8) is 0 Å². The van der Waals surface area contributed by atoms with Crippen molar-refractivity contribution in [3.8, 4) is 22.9 Å². The zero-order chi connectivity index (χ0) is 39.6. The molecule has 1 unspecified atom stereocenters. The maximum absolute atomic E-state index is 7.23. The van der Waals surface area contributed by atoms with Crippen LogP contribution >= 0.6 is 8.15 Å². The van der Waals surface area contributed by atoms with Crippen LogP contribution in [0.5, 0.6) is 17.2 Å². The molecule has 5 heteroatoms. The molecular weight excluding hydrogens is 752 g/mol. The Morgan fingerprint density at radius 3 is 1.70 bits per heavy atom. The Morgan fingerprint density at radius 2 is 0.983 bits per heavy atom. The van der Waals surface area contributed by atoms with E-state index in [1.165, 1.54) is 11.1 Å². The number of rotatable bonds is 6. The average molecular weight is 789 g/mol. The summed E-state index contributed by atoms with van der Waals surface area (Å²) in [6.07, 6.45) is 0. The maximum atomic E-state index is 7.23. The van der Waals surface area contributed by atoms with Crippen LogP contribution < -0.4 is 24.8 Å². The molecule has 0 aliphatic carbocycles. The molecule has 9 aromatic carbocycles. The van der Waals surface area contributed by atoms with Gasteiger partial charge in [0.1, 0.15) is 17.2 Å². The number of nitrogens with zero attached hydrogens (tertiary/aromatic N) is 2. The van der Waals surface area contributed by atoms with Crippen molar-refractivity contribution in [2.75, 3.05) is 4.90 Å². The number of benzene rings is 9. The van der Waals surface area contributed by atoms with Gasteiger partial charge in [0.15, 0.2) is 8.15 Å². The minimum absolute atomic E-state index is 0.658. The van der Waals surface area contributed by atoms with Crippen LogP contribution in [0.1, 0.15) is 22.3 Å². The first-order chi connectivity index (χ1) is 29.8. The second kappa shape index (κ2) is 13.9. The van der Waals surface area contributed by atoms with Gasteiger partial charge in [-0.2, -0.15) is 0 Å². The van der Waals surface area contributed by atoms with E-state index in [4.69, 9.17) is 9.26 Å². The Bertz CT molecular complexity index is 3170. The predicted octanol–water partition coefficient (Wildman–Crippen LogP) is 13.5. The topological polar surface area (TPSA) is 26.6 Å². The Morgan fingerprint density at radius 1 is 0.417 bits per heavy atom. The Balaban J connectivity index is 1.08. The van der Waals surface area contributed by atoms with Crippen LogP contribution in [-0.4, -0.2) is 4.57 Å². The number of hydrogen-bond donors (Lipinski definition) is 0. The summed E-state index contributed by atoms with van der Waals surface area (Å²) < 4.78 is 16.3. The first-order valence-electron chi connectivity index (χ1n) is 20.4. The van der Waals surface area contributed by atoms with Crippen molar-refractivity contribution >= 4 is 57.6 Å². The molecule has 4 nitrogen and oxygen atoms in total. The summed E-state index contributed by atoms with van der Waals surface area (Å²) in [4.78, 5) is 2.41. The molecule has 0 radical (unpaired) electrons. The molecule has 1 spiro atoms. The first-order valence-corrected chi connectivity index (χ1v) is 21.6. The van der Waals surface area contributed by atoms with Gasteiger partial charge in [-0.25, -0.2) is 0 Å². The van der Waals surface area contributed by atoms with Crippen LogP contribution in [0, 0.1) is 0 Å². The molecule has 12 rings (SSSR count). The van der Waals surface area contributed by atoms with E-state index in [2.05, 4.69) is 204 Å². The highest BCUT2D eigenvalue weighted by Gasteiger charge is 2.51. The maximum Gasteiger partial charge on any atom is 0.150 e. The lowest BCUT2D eigenvalue weighted by atomic mass is 9.61. The van der Waals surface area contributed by atoms with Crippen LogP contribution in [0.4, 0.5) is 17.1 Å². The summed E-state index contributed by atoms with van der Waals surface area (Å²) in [7, 11) is -1.10. The van der Waals surface area contributed by atoms with Gasteiger partial charge in [0, 0.05) is 38.5 Å². The lowest BCUT2D eigenvalue weighted by Crippen LogP contribution is -2.39. The van der Waals surface area contributed by atoms with E-state index in [0.29, 0.717) is 0 Å². The van der Waals surface area contributed by atoms with Gasteiger partial charge >= 0.3 is 0 Å². The zero-order valence-corrected chi connectivity index (χ0v) is 33.4. The smallest absolute Gasteiger partial charge is 0.150 e. The molecule has 3 heterocycles. The van der Waals surface area contributed by atoms with Crippen LogP contribution in [0.3, 0.4) is 0 Å². The zero-order valence-electron chi connectivity index (χ0n) is 32.5. The molecular formula is C55H37N2O2P. The van der Waals surface area contributed by atoms with Gasteiger partial charge in [0.25, 0.3) is 0 Å². The lowest BCUT2D eigenvalue weighted by Gasteiger charge is -2.48. The molecule has 284 valence electrons. The fourth-order valence-electron chi connectivity index (χ4n) is 9.65. The summed E-state index contributed by atoms with van der Waals surface area (Å²) in [5, 5.41) is 4.55. The number of ether oxygens (including phenoxy) is 1. The van der Waals surface area contributed by atoms with Crippen LogP contribution in [0.15, 0.2) is 224 Å². The minimum atomic E-state index is -1.10. The van der Waals surface area contributed by atoms with Gasteiger partial charge in [-0.1, -0.05) is 146 Å². The fraction of sp³-hybridized carbons (Fsp3) is 0.0182. The van der Waals surface area contributed by atoms with Crippen LogP contribution in [0.25, 0.3) is 27.5 Å². The second-order valence-corrected chi connectivity index (χ2v) is 17.1. The summed E-state index contributed by atoms with van der Waals surface area (Å²) in [6.45, 7) is 0. The number of anilines is 3. The van der Waals surface area contributed by atoms with Crippen LogP contribution in [-0.2, 0) is 5.41 Å². The van der Waals surface area contributed by atoms with E-state index in [9.17, 15) is 0 Å². The quantitative estimate of drug-likeness (QED) is 0.157. The molecule has 0 N–H and O–H groups in total. The van der Waals surface area contributed by atoms with E-state index in [1.54, 1.807) is 0 Å². The molecule has 0 bridgehead atoms. The van der Waals surface area contributed by atoms with Crippen molar-refractivity contribution in [1.29, 1.82) is 0 Å². The Kier molecular flexibility index (Phi) is 8.01. The van der Waals surface area contributed by atoms with Crippen molar-refractivity contribution in [2.24, 2.45) is 0 Å². The van der Waals surface area contributed by atoms with Gasteiger partial charge in [0.2, 0.25) is 0 Å². The number of para-hydroxylation sites is 6. The monoisotopic (exact) mass is 788 g/mol. The van der Waals surface area contributed by atoms with Crippen LogP contribution in [0.2, 0.25) is 0 Å². The minimum Gasteiger partial charge on any atom is -0.464 e. The molecule has 0 fully saturated rings. The summed E-state index contributed by atoms with van der Waals surface area (Å²) in [6, 6.07) is 80.1. The average Bonchev–Trinajstić information content (AvgIpc) is 3.66. The van der Waals surface area contributed by atoms with Crippen molar-refractivity contribution in [2.45, 2.75) is 5.41 Å². The fourth-order valence-corrected chi connectivity index (χ4v) is 11.4.